The number of fused-ring (bicyclic) bond motifs is 21. The predicted octanol–water partition coefficient (Wildman–Crippen LogP) is 32.3. The molecule has 0 saturated heterocycles. The van der Waals surface area contributed by atoms with Crippen molar-refractivity contribution in [1.29, 1.82) is 0 Å². The maximum absolute atomic E-state index is 2.58. The Hall–Kier alpha value is -13.4. The predicted molar refractivity (Wildman–Crippen MR) is 530 cm³/mol. The summed E-state index contributed by atoms with van der Waals surface area (Å²) in [5, 5.41) is 2.60. The van der Waals surface area contributed by atoms with Crippen LogP contribution in [0.15, 0.2) is 359 Å². The number of aryl methyl sites for hydroxylation is 2. The van der Waals surface area contributed by atoms with E-state index < -0.39 is 5.41 Å². The second-order valence-corrected chi connectivity index (χ2v) is 38.7. The Morgan fingerprint density at radius 2 is 0.888 bits per heavy atom. The molecule has 1 atom stereocenters. The molecule has 0 fully saturated rings. The first kappa shape index (κ1) is 74.3. The smallest absolute Gasteiger partial charge is 0.0686 e. The van der Waals surface area contributed by atoms with Gasteiger partial charge in [-0.15, -0.1) is 0 Å². The molecule has 15 aromatic rings. The normalized spacial score (nSPS) is 17.5. The molecule has 6 aliphatic carbocycles. The fourth-order valence-corrected chi connectivity index (χ4v) is 25.5. The maximum atomic E-state index is 2.58. The lowest BCUT2D eigenvalue weighted by atomic mass is 9.70. The monoisotopic (exact) mass is 1640 g/mol. The van der Waals surface area contributed by atoms with Crippen LogP contribution in [0.5, 0.6) is 0 Å². The molecule has 600 valence electrons. The fraction of sp³-hybridized carbons (Fsp3) is 0.143. The van der Waals surface area contributed by atoms with Crippen LogP contribution in [0.2, 0.25) is 0 Å². The molecular formula is C119H92N4S2. The number of hydrogen-bond acceptors (Lipinski definition) is 6. The third kappa shape index (κ3) is 11.2. The number of para-hydroxylation sites is 3. The first-order valence-corrected chi connectivity index (χ1v) is 46.5. The van der Waals surface area contributed by atoms with Crippen molar-refractivity contribution in [1.82, 2.24) is 0 Å². The van der Waals surface area contributed by atoms with Gasteiger partial charge in [-0.3, -0.25) is 0 Å². The number of nitrogens with zero attached hydrogens (tertiary/aromatic N) is 4. The molecule has 4 heterocycles. The lowest BCUT2D eigenvalue weighted by molar-refractivity contribution is 0.659. The van der Waals surface area contributed by atoms with Gasteiger partial charge in [-0.25, -0.2) is 0 Å². The third-order valence-electron chi connectivity index (χ3n) is 29.2. The van der Waals surface area contributed by atoms with Crippen molar-refractivity contribution >= 4 is 115 Å². The van der Waals surface area contributed by atoms with Crippen LogP contribution in [0.4, 0.5) is 51.2 Å². The highest BCUT2D eigenvalue weighted by atomic mass is 32.2. The highest BCUT2D eigenvalue weighted by molar-refractivity contribution is 8.03. The molecule has 0 radical (unpaired) electrons. The standard InChI is InChI=1S/C119H92N4S2/c1-7-8-28-85-73(2)119(99-33-15-14-29-89(85)99)104-67-75(42-41-74-44-54-90-92-59-50-81(70-102(92)117(3,4)100(90)65-74)120-63-22-26-78-24-12-16-34-106(78)120)46-56-94(104)95-61-53-84(72-105(95)119)122-108-37-18-19-40-112(108)124-114-68-80(49-62-110(114)122)87-31-21-38-111-116(87)125-113-39-11-9-10-36-109(113)123(111)83-52-58-88-97-57-48-77(86-30-20-32-96(115(86)97)98(88)69-83)47-43-76-45-55-91-93-60-51-82(71-103(93)118(5,6)101(91)66-76)121-64-23-27-79-25-13-17-35-107(79)121/h8-21,24-25,28-35,37-62,65-72H,7,22-23,26-27,36,63-64H2,1-6H3. The number of allylic oxidation sites excluding steroid dienone is 8. The molecule has 4 aliphatic heterocycles. The SMILES string of the molecule is CCC=CC1=C(C)C2(c3ccccc31)c1cc(C=Cc3ccc4c(c3)C(C)(C)c3cc(N5CCCc6ccccc65)ccc3-4)ccc1-c1ccc(N3c4ccccc4Sc4cc(-c5cccc6c5SC5=C(CC=CC=C5)N6c5ccc6c(c5)-c5cccc7c(C=Cc8ccc9c(c8)C(C)(C)c8cc(N%10CCCc%11ccccc%11%10)ccc8-9)ccc-6c57)ccc43)cc12. The number of hydrogen-bond donors (Lipinski definition) is 0. The first-order valence-electron chi connectivity index (χ1n) is 44.9. The van der Waals surface area contributed by atoms with Gasteiger partial charge in [0.05, 0.1) is 22.5 Å². The molecule has 6 heteroatoms. The Morgan fingerprint density at radius 1 is 0.368 bits per heavy atom. The topological polar surface area (TPSA) is 13.0 Å². The van der Waals surface area contributed by atoms with E-state index in [1.807, 2.05) is 23.5 Å². The summed E-state index contributed by atoms with van der Waals surface area (Å²) >= 11 is 3.80. The van der Waals surface area contributed by atoms with Crippen LogP contribution in [0, 0.1) is 0 Å². The third-order valence-corrected chi connectivity index (χ3v) is 31.5. The fourth-order valence-electron chi connectivity index (χ4n) is 23.2. The zero-order chi connectivity index (χ0) is 83.3. The summed E-state index contributed by atoms with van der Waals surface area (Å²) in [5.74, 6) is 0. The largest absolute Gasteiger partial charge is 0.341 e. The zero-order valence-corrected chi connectivity index (χ0v) is 72.9. The van der Waals surface area contributed by atoms with E-state index in [4.69, 9.17) is 0 Å². The van der Waals surface area contributed by atoms with E-state index in [-0.39, 0.29) is 10.8 Å². The van der Waals surface area contributed by atoms with Crippen LogP contribution in [0.3, 0.4) is 0 Å². The van der Waals surface area contributed by atoms with Gasteiger partial charge in [-0.05, 0) is 309 Å². The molecule has 4 nitrogen and oxygen atoms in total. The van der Waals surface area contributed by atoms with E-state index in [1.54, 1.807) is 0 Å². The van der Waals surface area contributed by atoms with Crippen molar-refractivity contribution in [2.75, 3.05) is 32.7 Å². The number of thioether (sulfide) groups is 1. The van der Waals surface area contributed by atoms with Crippen molar-refractivity contribution in [3.63, 3.8) is 0 Å². The summed E-state index contributed by atoms with van der Waals surface area (Å²) < 4.78 is 0. The van der Waals surface area contributed by atoms with Crippen LogP contribution in [0.25, 0.3) is 107 Å². The van der Waals surface area contributed by atoms with Gasteiger partial charge in [0.15, 0.2) is 0 Å². The molecule has 1 unspecified atom stereocenters. The van der Waals surface area contributed by atoms with Crippen LogP contribution in [-0.4, -0.2) is 13.1 Å². The lowest BCUT2D eigenvalue weighted by Crippen LogP contribution is -2.27. The molecule has 0 aromatic heterocycles. The van der Waals surface area contributed by atoms with Gasteiger partial charge in [-0.2, -0.15) is 0 Å². The highest BCUT2D eigenvalue weighted by Gasteiger charge is 2.52. The molecule has 1 spiro atoms. The second-order valence-electron chi connectivity index (χ2n) is 36.6. The molecule has 10 aliphatic rings. The van der Waals surface area contributed by atoms with Gasteiger partial charge < -0.3 is 19.6 Å². The van der Waals surface area contributed by atoms with Crippen molar-refractivity contribution in [2.24, 2.45) is 0 Å². The summed E-state index contributed by atoms with van der Waals surface area (Å²) in [6, 6.07) is 113. The molecule has 0 N–H and O–H groups in total. The molecular weight excluding hydrogens is 1550 g/mol. The molecule has 15 aromatic carbocycles. The van der Waals surface area contributed by atoms with Crippen molar-refractivity contribution in [3.05, 3.63) is 422 Å². The van der Waals surface area contributed by atoms with Crippen molar-refractivity contribution in [2.45, 2.75) is 111 Å². The Morgan fingerprint density at radius 3 is 1.58 bits per heavy atom. The van der Waals surface area contributed by atoms with Crippen LogP contribution in [-0.2, 0) is 29.1 Å². The Balaban J connectivity index is 0.533. The van der Waals surface area contributed by atoms with Crippen LogP contribution < -0.4 is 19.6 Å². The van der Waals surface area contributed by atoms with Gasteiger partial charge in [-0.1, -0.05) is 307 Å². The average molecular weight is 1640 g/mol. The minimum atomic E-state index is -0.549. The Kier molecular flexibility index (Phi) is 16.8. The summed E-state index contributed by atoms with van der Waals surface area (Å²) in [5.41, 5.74) is 48.4. The van der Waals surface area contributed by atoms with Gasteiger partial charge in [0.25, 0.3) is 0 Å². The van der Waals surface area contributed by atoms with E-state index in [2.05, 4.69) is 413 Å². The number of anilines is 9. The lowest BCUT2D eigenvalue weighted by Gasteiger charge is -2.36. The molecule has 0 saturated carbocycles. The number of benzene rings is 15. The molecule has 125 heavy (non-hydrogen) atoms. The minimum absolute atomic E-state index is 0.143. The van der Waals surface area contributed by atoms with Crippen LogP contribution >= 0.6 is 23.5 Å². The maximum Gasteiger partial charge on any atom is 0.0686 e. The summed E-state index contributed by atoms with van der Waals surface area (Å²) in [6.07, 6.45) is 29.6. The van der Waals surface area contributed by atoms with Crippen LogP contribution in [0.1, 0.15) is 145 Å². The van der Waals surface area contributed by atoms with Crippen molar-refractivity contribution in [3.8, 4) is 66.8 Å². The van der Waals surface area contributed by atoms with E-state index in [1.165, 1.54) is 244 Å². The molecule has 0 bridgehead atoms. The quantitative estimate of drug-likeness (QED) is 0.119. The van der Waals surface area contributed by atoms with Gasteiger partial charge in [0.1, 0.15) is 0 Å². The zero-order valence-electron chi connectivity index (χ0n) is 71.2. The minimum Gasteiger partial charge on any atom is -0.341 e. The summed E-state index contributed by atoms with van der Waals surface area (Å²) in [6.45, 7) is 16.4. The second kappa shape index (κ2) is 28.3. The van der Waals surface area contributed by atoms with E-state index in [0.717, 1.165) is 50.9 Å². The van der Waals surface area contributed by atoms with E-state index >= 15 is 0 Å². The van der Waals surface area contributed by atoms with Crippen molar-refractivity contribution < 1.29 is 0 Å². The Labute approximate surface area is 742 Å². The average Bonchev–Trinajstić information content (AvgIpc) is 1.51. The van der Waals surface area contributed by atoms with Gasteiger partial charge >= 0.3 is 0 Å². The highest BCUT2D eigenvalue weighted by Crippen LogP contribution is 2.65. The van der Waals surface area contributed by atoms with Gasteiger partial charge in [0, 0.05) is 89.8 Å². The first-order chi connectivity index (χ1) is 61.3. The summed E-state index contributed by atoms with van der Waals surface area (Å²) in [7, 11) is 0. The van der Waals surface area contributed by atoms with Gasteiger partial charge in [0.2, 0.25) is 0 Å². The van der Waals surface area contributed by atoms with E-state index in [0.29, 0.717) is 0 Å². The summed E-state index contributed by atoms with van der Waals surface area (Å²) in [4.78, 5) is 15.2. The Bertz CT molecular complexity index is 7490. The van der Waals surface area contributed by atoms with E-state index in [9.17, 15) is 0 Å². The number of rotatable bonds is 11. The molecule has 0 amide bonds. The molecule has 25 rings (SSSR count).